The molecule has 1 aliphatic heterocycles. The molecule has 0 radical (unpaired) electrons. The number of hydrogen-bond donors (Lipinski definition) is 4. The molecule has 6 atom stereocenters. The van der Waals surface area contributed by atoms with Crippen molar-refractivity contribution in [3.8, 4) is 0 Å². The topological polar surface area (TPSA) is 99.4 Å². The van der Waals surface area contributed by atoms with Crippen molar-refractivity contribution in [2.45, 2.75) is 108 Å². The molecule has 0 spiro atoms. The number of aliphatic hydroxyl groups is 4. The van der Waals surface area contributed by atoms with Crippen LogP contribution in [0, 0.1) is 0 Å². The van der Waals surface area contributed by atoms with E-state index < -0.39 is 37.3 Å². The third-order valence-corrected chi connectivity index (χ3v) is 4.76. The summed E-state index contributed by atoms with van der Waals surface area (Å²) < 4.78 is 11.2. The van der Waals surface area contributed by atoms with Crippen LogP contribution in [0.2, 0.25) is 0 Å². The summed E-state index contributed by atoms with van der Waals surface area (Å²) in [7, 11) is 0. The molecule has 24 heavy (non-hydrogen) atoms. The maximum Gasteiger partial charge on any atom is 0.186 e. The number of hydrogen-bond acceptors (Lipinski definition) is 6. The van der Waals surface area contributed by atoms with E-state index in [0.717, 1.165) is 25.7 Å². The quantitative estimate of drug-likeness (QED) is 0.401. The van der Waals surface area contributed by atoms with Crippen molar-refractivity contribution in [3.63, 3.8) is 0 Å². The van der Waals surface area contributed by atoms with Crippen molar-refractivity contribution >= 4 is 0 Å². The van der Waals surface area contributed by atoms with Crippen LogP contribution in [0.15, 0.2) is 0 Å². The van der Waals surface area contributed by atoms with Gasteiger partial charge in [0.25, 0.3) is 0 Å². The fraction of sp³-hybridized carbons (Fsp3) is 1.00. The van der Waals surface area contributed by atoms with E-state index in [-0.39, 0.29) is 6.10 Å². The first-order valence-electron chi connectivity index (χ1n) is 9.51. The molecule has 0 aromatic carbocycles. The molecule has 1 rings (SSSR count). The minimum Gasteiger partial charge on any atom is -0.394 e. The van der Waals surface area contributed by atoms with Crippen LogP contribution in [0.25, 0.3) is 0 Å². The lowest BCUT2D eigenvalue weighted by atomic mass is 9.99. The maximum absolute atomic E-state index is 10.0. The number of rotatable bonds is 12. The highest BCUT2D eigenvalue weighted by Crippen LogP contribution is 2.24. The highest BCUT2D eigenvalue weighted by atomic mass is 16.7. The Hall–Kier alpha value is -0.240. The van der Waals surface area contributed by atoms with Gasteiger partial charge in [-0.2, -0.15) is 0 Å². The normalized spacial score (nSPS) is 32.0. The molecule has 1 fully saturated rings. The van der Waals surface area contributed by atoms with Gasteiger partial charge in [0.1, 0.15) is 24.4 Å². The first-order valence-corrected chi connectivity index (χ1v) is 9.51. The predicted octanol–water partition coefficient (Wildman–Crippen LogP) is 1.72. The van der Waals surface area contributed by atoms with E-state index in [4.69, 9.17) is 9.47 Å². The lowest BCUT2D eigenvalue weighted by Gasteiger charge is -2.40. The van der Waals surface area contributed by atoms with Gasteiger partial charge in [0.05, 0.1) is 12.7 Å². The molecular formula is C18H36O6. The van der Waals surface area contributed by atoms with Crippen molar-refractivity contribution in [3.05, 3.63) is 0 Å². The average Bonchev–Trinajstić information content (AvgIpc) is 2.59. The van der Waals surface area contributed by atoms with Crippen LogP contribution in [0.5, 0.6) is 0 Å². The highest BCUT2D eigenvalue weighted by molar-refractivity contribution is 4.89. The highest BCUT2D eigenvalue weighted by Gasteiger charge is 2.44. The van der Waals surface area contributed by atoms with Crippen molar-refractivity contribution in [1.82, 2.24) is 0 Å². The molecule has 0 aromatic rings. The Morgan fingerprint density at radius 3 is 2.08 bits per heavy atom. The van der Waals surface area contributed by atoms with E-state index in [1.54, 1.807) is 0 Å². The van der Waals surface area contributed by atoms with E-state index in [9.17, 15) is 20.4 Å². The lowest BCUT2D eigenvalue weighted by Crippen LogP contribution is -2.59. The fourth-order valence-corrected chi connectivity index (χ4v) is 3.07. The molecule has 0 amide bonds. The second-order valence-electron chi connectivity index (χ2n) is 6.77. The van der Waals surface area contributed by atoms with Gasteiger partial charge in [-0.15, -0.1) is 0 Å². The van der Waals surface area contributed by atoms with Gasteiger partial charge in [0.15, 0.2) is 6.29 Å². The standard InChI is InChI=1S/C18H36O6/c1-3-5-6-7-8-9-10-11-13(4-2)23-18-17(22)16(21)15(20)14(12-19)24-18/h13-22H,3-12H2,1-2H3/t13?,14-,15-,16+,17-,18?/m1/s1. The molecule has 0 aliphatic carbocycles. The maximum atomic E-state index is 10.0. The van der Waals surface area contributed by atoms with Gasteiger partial charge in [-0.25, -0.2) is 0 Å². The van der Waals surface area contributed by atoms with Gasteiger partial charge >= 0.3 is 0 Å². The van der Waals surface area contributed by atoms with Crippen molar-refractivity contribution in [2.24, 2.45) is 0 Å². The van der Waals surface area contributed by atoms with E-state index in [0.29, 0.717) is 0 Å². The lowest BCUT2D eigenvalue weighted by molar-refractivity contribution is -0.311. The molecule has 0 saturated carbocycles. The second kappa shape index (κ2) is 12.2. The summed E-state index contributed by atoms with van der Waals surface area (Å²) in [6.45, 7) is 3.79. The summed E-state index contributed by atoms with van der Waals surface area (Å²) in [6.07, 6.45) is 4.22. The molecule has 2 unspecified atom stereocenters. The van der Waals surface area contributed by atoms with Gasteiger partial charge < -0.3 is 29.9 Å². The monoisotopic (exact) mass is 348 g/mol. The van der Waals surface area contributed by atoms with Crippen LogP contribution in [0.4, 0.5) is 0 Å². The molecule has 0 bridgehead atoms. The zero-order valence-electron chi connectivity index (χ0n) is 15.1. The van der Waals surface area contributed by atoms with Gasteiger partial charge in [-0.05, 0) is 12.8 Å². The van der Waals surface area contributed by atoms with Gasteiger partial charge in [-0.3, -0.25) is 0 Å². The Morgan fingerprint density at radius 1 is 0.875 bits per heavy atom. The zero-order chi connectivity index (χ0) is 17.9. The molecule has 144 valence electrons. The van der Waals surface area contributed by atoms with Gasteiger partial charge in [0.2, 0.25) is 0 Å². The van der Waals surface area contributed by atoms with E-state index in [2.05, 4.69) is 6.92 Å². The summed E-state index contributed by atoms with van der Waals surface area (Å²) in [4.78, 5) is 0. The van der Waals surface area contributed by atoms with Crippen molar-refractivity contribution < 1.29 is 29.9 Å². The summed E-state index contributed by atoms with van der Waals surface area (Å²) >= 11 is 0. The molecule has 4 N–H and O–H groups in total. The Balaban J connectivity index is 2.33. The van der Waals surface area contributed by atoms with Crippen molar-refractivity contribution in [2.75, 3.05) is 6.61 Å². The van der Waals surface area contributed by atoms with E-state index >= 15 is 0 Å². The van der Waals surface area contributed by atoms with Gasteiger partial charge in [0, 0.05) is 0 Å². The Kier molecular flexibility index (Phi) is 11.1. The van der Waals surface area contributed by atoms with Crippen molar-refractivity contribution in [1.29, 1.82) is 0 Å². The molecule has 1 saturated heterocycles. The van der Waals surface area contributed by atoms with Crippen LogP contribution in [-0.2, 0) is 9.47 Å². The predicted molar refractivity (Wildman–Crippen MR) is 91.5 cm³/mol. The van der Waals surface area contributed by atoms with E-state index in [1.165, 1.54) is 32.1 Å². The fourth-order valence-electron chi connectivity index (χ4n) is 3.07. The summed E-state index contributed by atoms with van der Waals surface area (Å²) in [5, 5.41) is 38.8. The first-order chi connectivity index (χ1) is 11.5. The molecular weight excluding hydrogens is 312 g/mol. The Bertz CT molecular complexity index is 312. The van der Waals surface area contributed by atoms with Crippen LogP contribution >= 0.6 is 0 Å². The van der Waals surface area contributed by atoms with Crippen LogP contribution in [0.1, 0.15) is 71.6 Å². The second-order valence-corrected chi connectivity index (χ2v) is 6.77. The van der Waals surface area contributed by atoms with Crippen LogP contribution in [-0.4, -0.2) is 63.8 Å². The third-order valence-electron chi connectivity index (χ3n) is 4.76. The Labute approximate surface area is 145 Å². The minimum absolute atomic E-state index is 0.0675. The SMILES string of the molecule is CCCCCCCCCC(CC)OC1O[C@H](CO)[C@@H](O)[C@H](O)[C@H]1O. The third kappa shape index (κ3) is 6.94. The summed E-state index contributed by atoms with van der Waals surface area (Å²) in [5.41, 5.74) is 0. The zero-order valence-corrected chi connectivity index (χ0v) is 15.1. The molecule has 1 heterocycles. The van der Waals surface area contributed by atoms with E-state index in [1.807, 2.05) is 6.92 Å². The van der Waals surface area contributed by atoms with Crippen LogP contribution < -0.4 is 0 Å². The summed E-state index contributed by atoms with van der Waals surface area (Å²) in [5.74, 6) is 0. The molecule has 0 aromatic heterocycles. The Morgan fingerprint density at radius 2 is 1.50 bits per heavy atom. The molecule has 6 heteroatoms. The number of aliphatic hydroxyl groups excluding tert-OH is 4. The minimum atomic E-state index is -1.38. The molecule has 6 nitrogen and oxygen atoms in total. The number of unbranched alkanes of at least 4 members (excludes halogenated alkanes) is 6. The first kappa shape index (κ1) is 21.8. The summed E-state index contributed by atoms with van der Waals surface area (Å²) in [6, 6.07) is 0. The molecule has 1 aliphatic rings. The van der Waals surface area contributed by atoms with Crippen LogP contribution in [0.3, 0.4) is 0 Å². The van der Waals surface area contributed by atoms with Gasteiger partial charge in [-0.1, -0.05) is 58.8 Å². The largest absolute Gasteiger partial charge is 0.394 e. The number of ether oxygens (including phenoxy) is 2. The smallest absolute Gasteiger partial charge is 0.186 e. The average molecular weight is 348 g/mol.